The topological polar surface area (TPSA) is 48.0 Å². The lowest BCUT2D eigenvalue weighted by Crippen LogP contribution is -3.00. The molecular formula is C22H24Cl2N2O2. The Labute approximate surface area is 177 Å². The van der Waals surface area contributed by atoms with E-state index in [-0.39, 0.29) is 12.4 Å². The molecule has 0 aliphatic rings. The fourth-order valence-electron chi connectivity index (χ4n) is 2.82. The second kappa shape index (κ2) is 10.9. The van der Waals surface area contributed by atoms with Gasteiger partial charge >= 0.3 is 0 Å². The molecule has 1 unspecified atom stereocenters. The van der Waals surface area contributed by atoms with Crippen LogP contribution in [0.3, 0.4) is 0 Å². The number of nitrogens with zero attached hydrogens (tertiary/aromatic N) is 1. The minimum atomic E-state index is 0. The second-order valence-electron chi connectivity index (χ2n) is 6.40. The zero-order valence-electron chi connectivity index (χ0n) is 15.9. The molecule has 0 aliphatic carbocycles. The molecule has 0 fully saturated rings. The molecule has 0 amide bonds. The largest absolute Gasteiger partial charge is 1.00 e. The van der Waals surface area contributed by atoms with Crippen molar-refractivity contribution in [3.05, 3.63) is 88.7 Å². The minimum absolute atomic E-state index is 0. The second-order valence-corrected chi connectivity index (χ2v) is 6.79. The Kier molecular flexibility index (Phi) is 8.58. The molecular weight excluding hydrogens is 395 g/mol. The number of hydrogen-bond donors (Lipinski definition) is 1. The highest BCUT2D eigenvalue weighted by Crippen LogP contribution is 2.28. The third kappa shape index (κ3) is 6.13. The van der Waals surface area contributed by atoms with E-state index in [1.165, 1.54) is 11.1 Å². The lowest BCUT2D eigenvalue weighted by molar-refractivity contribution is -0.707. The van der Waals surface area contributed by atoms with Crippen molar-refractivity contribution in [2.24, 2.45) is 0 Å². The van der Waals surface area contributed by atoms with Crippen molar-refractivity contribution in [1.82, 2.24) is 4.98 Å². The van der Waals surface area contributed by atoms with Crippen LogP contribution in [0.25, 0.3) is 0 Å². The molecule has 6 heteroatoms. The van der Waals surface area contributed by atoms with E-state index in [4.69, 9.17) is 21.1 Å². The summed E-state index contributed by atoms with van der Waals surface area (Å²) in [5, 5.41) is 2.78. The summed E-state index contributed by atoms with van der Waals surface area (Å²) in [6.45, 7) is 3.50. The molecule has 3 aromatic rings. The molecule has 1 aromatic heterocycles. The van der Waals surface area contributed by atoms with Crippen molar-refractivity contribution in [2.45, 2.75) is 26.1 Å². The molecule has 0 spiro atoms. The Balaban J connectivity index is 0.00000280. The highest BCUT2D eigenvalue weighted by molar-refractivity contribution is 6.29. The molecule has 0 saturated heterocycles. The maximum atomic E-state index is 5.89. The molecule has 28 heavy (non-hydrogen) atoms. The molecule has 0 bridgehead atoms. The fraction of sp³-hybridized carbons (Fsp3) is 0.227. The molecule has 0 saturated carbocycles. The van der Waals surface area contributed by atoms with E-state index >= 15 is 0 Å². The van der Waals surface area contributed by atoms with Gasteiger partial charge in [-0.1, -0.05) is 48.0 Å². The average molecular weight is 419 g/mol. The lowest BCUT2D eigenvalue weighted by atomic mass is 10.1. The van der Waals surface area contributed by atoms with Crippen LogP contribution in [0.15, 0.2) is 66.9 Å². The zero-order chi connectivity index (χ0) is 19.1. The number of pyridine rings is 1. The third-order valence-corrected chi connectivity index (χ3v) is 4.67. The summed E-state index contributed by atoms with van der Waals surface area (Å²) in [5.74, 6) is 1.45. The standard InChI is InChI=1S/C22H23ClN2O2.ClH/c1-16(19-6-4-3-5-7-19)24-13-17-8-10-20(21(12-17)26-2)27-15-18-9-11-22(23)25-14-18;/h3-12,14,16,24H,13,15H2,1-2H3;1H. The van der Waals surface area contributed by atoms with E-state index in [1.807, 2.05) is 24.3 Å². The summed E-state index contributed by atoms with van der Waals surface area (Å²) in [6.07, 6.45) is 1.71. The molecule has 3 rings (SSSR count). The van der Waals surface area contributed by atoms with E-state index in [0.717, 1.165) is 17.9 Å². The van der Waals surface area contributed by atoms with Crippen LogP contribution in [0.1, 0.15) is 29.7 Å². The maximum absolute atomic E-state index is 5.89. The van der Waals surface area contributed by atoms with Gasteiger partial charge in [0, 0.05) is 22.9 Å². The monoisotopic (exact) mass is 418 g/mol. The predicted molar refractivity (Wildman–Crippen MR) is 107 cm³/mol. The number of rotatable bonds is 8. The Bertz CT molecular complexity index is 858. The van der Waals surface area contributed by atoms with Gasteiger partial charge in [-0.05, 0) is 31.2 Å². The number of aromatic nitrogens is 1. The molecule has 2 N–H and O–H groups in total. The summed E-state index contributed by atoms with van der Waals surface area (Å²) < 4.78 is 11.4. The third-order valence-electron chi connectivity index (χ3n) is 4.44. The fourth-order valence-corrected chi connectivity index (χ4v) is 2.93. The first kappa shape index (κ1) is 22.0. The zero-order valence-corrected chi connectivity index (χ0v) is 17.5. The van der Waals surface area contributed by atoms with Gasteiger partial charge in [-0.2, -0.15) is 0 Å². The highest BCUT2D eigenvalue weighted by Gasteiger charge is 2.11. The van der Waals surface area contributed by atoms with Gasteiger partial charge in [-0.15, -0.1) is 0 Å². The van der Waals surface area contributed by atoms with Crippen LogP contribution in [0.4, 0.5) is 0 Å². The predicted octanol–water partition coefficient (Wildman–Crippen LogP) is 1.15. The molecule has 1 heterocycles. The number of quaternary nitrogens is 1. The van der Waals surface area contributed by atoms with Crippen LogP contribution < -0.4 is 27.2 Å². The minimum Gasteiger partial charge on any atom is -1.00 e. The molecule has 4 nitrogen and oxygen atoms in total. The number of halogens is 2. The van der Waals surface area contributed by atoms with Gasteiger partial charge in [-0.25, -0.2) is 4.98 Å². The van der Waals surface area contributed by atoms with Gasteiger partial charge in [0.1, 0.15) is 24.3 Å². The SMILES string of the molecule is COc1cc(C[NH2+]C(C)c2ccccc2)ccc1OCc1ccc(Cl)nc1.[Cl-]. The first-order chi connectivity index (χ1) is 13.2. The molecule has 0 radical (unpaired) electrons. The van der Waals surface area contributed by atoms with E-state index in [0.29, 0.717) is 23.6 Å². The first-order valence-electron chi connectivity index (χ1n) is 8.94. The van der Waals surface area contributed by atoms with Gasteiger partial charge in [0.15, 0.2) is 11.5 Å². The van der Waals surface area contributed by atoms with E-state index in [2.05, 4.69) is 47.6 Å². The number of methoxy groups -OCH3 is 1. The normalized spacial score (nSPS) is 11.4. The molecule has 2 aromatic carbocycles. The van der Waals surface area contributed by atoms with Crippen molar-refractivity contribution in [3.63, 3.8) is 0 Å². The summed E-state index contributed by atoms with van der Waals surface area (Å²) >= 11 is 5.81. The Hall–Kier alpha value is -2.27. The molecule has 0 aliphatic heterocycles. The maximum Gasteiger partial charge on any atom is 0.161 e. The van der Waals surface area contributed by atoms with Crippen LogP contribution in [-0.4, -0.2) is 12.1 Å². The Morgan fingerprint density at radius 3 is 2.43 bits per heavy atom. The number of hydrogen-bond acceptors (Lipinski definition) is 3. The van der Waals surface area contributed by atoms with E-state index in [1.54, 1.807) is 19.4 Å². The van der Waals surface area contributed by atoms with Crippen LogP contribution in [0.5, 0.6) is 11.5 Å². The van der Waals surface area contributed by atoms with Crippen molar-refractivity contribution < 1.29 is 27.2 Å². The molecule has 148 valence electrons. The lowest BCUT2D eigenvalue weighted by Gasteiger charge is -2.14. The Morgan fingerprint density at radius 2 is 1.75 bits per heavy atom. The van der Waals surface area contributed by atoms with Gasteiger partial charge in [-0.3, -0.25) is 0 Å². The van der Waals surface area contributed by atoms with Crippen LogP contribution in [0.2, 0.25) is 5.15 Å². The van der Waals surface area contributed by atoms with Crippen LogP contribution >= 0.6 is 11.6 Å². The highest BCUT2D eigenvalue weighted by atomic mass is 35.5. The van der Waals surface area contributed by atoms with E-state index in [9.17, 15) is 0 Å². The summed E-state index contributed by atoms with van der Waals surface area (Å²) in [4.78, 5) is 4.06. The summed E-state index contributed by atoms with van der Waals surface area (Å²) in [7, 11) is 1.66. The van der Waals surface area contributed by atoms with Gasteiger partial charge < -0.3 is 27.2 Å². The smallest absolute Gasteiger partial charge is 0.161 e. The van der Waals surface area contributed by atoms with Crippen molar-refractivity contribution in [3.8, 4) is 11.5 Å². The van der Waals surface area contributed by atoms with Crippen LogP contribution in [-0.2, 0) is 13.2 Å². The van der Waals surface area contributed by atoms with Gasteiger partial charge in [0.25, 0.3) is 0 Å². The number of benzene rings is 2. The van der Waals surface area contributed by atoms with Gasteiger partial charge in [0.2, 0.25) is 0 Å². The molecule has 1 atom stereocenters. The number of ether oxygens (including phenoxy) is 2. The van der Waals surface area contributed by atoms with Crippen molar-refractivity contribution >= 4 is 11.6 Å². The van der Waals surface area contributed by atoms with E-state index < -0.39 is 0 Å². The van der Waals surface area contributed by atoms with Gasteiger partial charge in [0.05, 0.1) is 7.11 Å². The average Bonchev–Trinajstić information content (AvgIpc) is 2.72. The van der Waals surface area contributed by atoms with Crippen LogP contribution in [0, 0.1) is 0 Å². The quantitative estimate of drug-likeness (QED) is 0.558. The first-order valence-corrected chi connectivity index (χ1v) is 9.32. The van der Waals surface area contributed by atoms with Crippen molar-refractivity contribution in [2.75, 3.05) is 7.11 Å². The van der Waals surface area contributed by atoms with Crippen molar-refractivity contribution in [1.29, 1.82) is 0 Å². The Morgan fingerprint density at radius 1 is 1.00 bits per heavy atom. The number of nitrogens with two attached hydrogens (primary N) is 1. The summed E-state index contributed by atoms with van der Waals surface area (Å²) in [6, 6.07) is 20.6. The summed E-state index contributed by atoms with van der Waals surface area (Å²) in [5.41, 5.74) is 3.46.